The Kier molecular flexibility index (Phi) is 3.46. The van der Waals surface area contributed by atoms with Gasteiger partial charge in [0.15, 0.2) is 0 Å². The highest BCUT2D eigenvalue weighted by Gasteiger charge is 2.14. The summed E-state index contributed by atoms with van der Waals surface area (Å²) in [5, 5.41) is 5.16. The molecule has 0 spiro atoms. The summed E-state index contributed by atoms with van der Waals surface area (Å²) in [6, 6.07) is 6.94. The van der Waals surface area contributed by atoms with E-state index >= 15 is 0 Å². The van der Waals surface area contributed by atoms with Crippen molar-refractivity contribution in [3.05, 3.63) is 52.5 Å². The molecule has 0 radical (unpaired) electrons. The number of fused-ring (bicyclic) bond motifs is 1. The van der Waals surface area contributed by atoms with Crippen LogP contribution in [0.3, 0.4) is 0 Å². The molecule has 0 fully saturated rings. The number of ether oxygens (including phenoxy) is 1. The van der Waals surface area contributed by atoms with Crippen LogP contribution in [0.2, 0.25) is 10.0 Å². The lowest BCUT2D eigenvalue weighted by atomic mass is 10.2. The number of halogens is 2. The minimum atomic E-state index is -0.263. The Balaban J connectivity index is 1.93. The van der Waals surface area contributed by atoms with Gasteiger partial charge in [0.2, 0.25) is 0 Å². The van der Waals surface area contributed by atoms with Crippen LogP contribution in [0.5, 0.6) is 5.75 Å². The van der Waals surface area contributed by atoms with E-state index in [1.165, 1.54) is 6.33 Å². The lowest BCUT2D eigenvalue weighted by Gasteiger charge is -2.16. The third-order valence-corrected chi connectivity index (χ3v) is 3.35. The van der Waals surface area contributed by atoms with Crippen LogP contribution in [-0.2, 0) is 0 Å². The van der Waals surface area contributed by atoms with Crippen LogP contribution in [0.15, 0.2) is 36.8 Å². The van der Waals surface area contributed by atoms with Gasteiger partial charge in [-0.3, -0.25) is 0 Å². The maximum absolute atomic E-state index is 6.10. The molecule has 0 aliphatic rings. The van der Waals surface area contributed by atoms with E-state index in [1.54, 1.807) is 28.9 Å². The van der Waals surface area contributed by atoms with Gasteiger partial charge < -0.3 is 4.74 Å². The minimum absolute atomic E-state index is 0.263. The zero-order chi connectivity index (χ0) is 14.1. The number of benzene rings is 1. The molecule has 0 aliphatic heterocycles. The maximum Gasteiger partial charge on any atom is 0.252 e. The molecule has 3 rings (SSSR count). The SMILES string of the molecule is CC(Oc1ccc(Cl)cc1Cl)c1ccnc2ncnn12. The van der Waals surface area contributed by atoms with Gasteiger partial charge in [0.25, 0.3) is 5.78 Å². The predicted octanol–water partition coefficient (Wildman–Crippen LogP) is 3.57. The normalized spacial score (nSPS) is 12.6. The highest BCUT2D eigenvalue weighted by Crippen LogP contribution is 2.31. The largest absolute Gasteiger partial charge is 0.483 e. The fraction of sp³-hybridized carbons (Fsp3) is 0.154. The summed E-state index contributed by atoms with van der Waals surface area (Å²) < 4.78 is 7.49. The van der Waals surface area contributed by atoms with Crippen molar-refractivity contribution in [2.75, 3.05) is 0 Å². The Morgan fingerprint density at radius 2 is 2.05 bits per heavy atom. The van der Waals surface area contributed by atoms with Gasteiger partial charge in [0, 0.05) is 11.2 Å². The molecule has 2 aromatic heterocycles. The van der Waals surface area contributed by atoms with Crippen molar-refractivity contribution in [3.8, 4) is 5.75 Å². The first kappa shape index (κ1) is 13.1. The number of hydrogen-bond donors (Lipinski definition) is 0. The van der Waals surface area contributed by atoms with Crippen molar-refractivity contribution >= 4 is 29.0 Å². The molecule has 2 heterocycles. The van der Waals surface area contributed by atoms with Crippen molar-refractivity contribution in [2.45, 2.75) is 13.0 Å². The van der Waals surface area contributed by atoms with Crippen molar-refractivity contribution in [1.82, 2.24) is 19.6 Å². The van der Waals surface area contributed by atoms with Gasteiger partial charge in [-0.05, 0) is 31.2 Å². The quantitative estimate of drug-likeness (QED) is 0.742. The smallest absolute Gasteiger partial charge is 0.252 e. The molecule has 3 aromatic rings. The van der Waals surface area contributed by atoms with E-state index in [-0.39, 0.29) is 6.10 Å². The molecule has 0 aliphatic carbocycles. The van der Waals surface area contributed by atoms with E-state index < -0.39 is 0 Å². The first-order chi connectivity index (χ1) is 9.65. The summed E-state index contributed by atoms with van der Waals surface area (Å²) in [5.74, 6) is 1.09. The van der Waals surface area contributed by atoms with Crippen LogP contribution in [-0.4, -0.2) is 19.6 Å². The van der Waals surface area contributed by atoms with E-state index in [0.717, 1.165) is 5.69 Å². The van der Waals surface area contributed by atoms with Crippen LogP contribution in [0.1, 0.15) is 18.7 Å². The van der Waals surface area contributed by atoms with Gasteiger partial charge in [-0.25, -0.2) is 4.98 Å². The highest BCUT2D eigenvalue weighted by molar-refractivity contribution is 6.35. The summed E-state index contributed by atoms with van der Waals surface area (Å²) in [5.41, 5.74) is 0.832. The molecule has 7 heteroatoms. The molecule has 0 saturated heterocycles. The summed E-state index contributed by atoms with van der Waals surface area (Å²) >= 11 is 12.0. The zero-order valence-electron chi connectivity index (χ0n) is 10.5. The van der Waals surface area contributed by atoms with Crippen molar-refractivity contribution in [3.63, 3.8) is 0 Å². The van der Waals surface area contributed by atoms with Crippen LogP contribution in [0.4, 0.5) is 0 Å². The molecular formula is C13H10Cl2N4O. The van der Waals surface area contributed by atoms with Gasteiger partial charge in [-0.2, -0.15) is 14.6 Å². The summed E-state index contributed by atoms with van der Waals surface area (Å²) in [4.78, 5) is 8.15. The minimum Gasteiger partial charge on any atom is -0.483 e. The summed E-state index contributed by atoms with van der Waals surface area (Å²) in [7, 11) is 0. The monoisotopic (exact) mass is 308 g/mol. The number of aromatic nitrogens is 4. The highest BCUT2D eigenvalue weighted by atomic mass is 35.5. The van der Waals surface area contributed by atoms with Gasteiger partial charge in [0.05, 0.1) is 10.7 Å². The van der Waals surface area contributed by atoms with Crippen LogP contribution in [0, 0.1) is 0 Å². The van der Waals surface area contributed by atoms with E-state index in [2.05, 4.69) is 15.1 Å². The van der Waals surface area contributed by atoms with Crippen LogP contribution < -0.4 is 4.74 Å². The molecule has 1 aromatic carbocycles. The van der Waals surface area contributed by atoms with Gasteiger partial charge in [-0.15, -0.1) is 0 Å². The summed E-state index contributed by atoms with van der Waals surface area (Å²) in [6.07, 6.45) is 2.86. The number of rotatable bonds is 3. The molecule has 102 valence electrons. The molecule has 0 amide bonds. The Morgan fingerprint density at radius 3 is 2.85 bits per heavy atom. The second-order valence-electron chi connectivity index (χ2n) is 4.18. The standard InChI is InChI=1S/C13H10Cl2N4O/c1-8(20-12-3-2-9(14)6-10(12)15)11-4-5-16-13-17-7-18-19(11)13/h2-8H,1H3. The molecule has 20 heavy (non-hydrogen) atoms. The van der Waals surface area contributed by atoms with E-state index in [9.17, 15) is 0 Å². The molecule has 1 atom stereocenters. The molecule has 0 bridgehead atoms. The molecule has 0 saturated carbocycles. The van der Waals surface area contributed by atoms with Crippen molar-refractivity contribution < 1.29 is 4.74 Å². The Morgan fingerprint density at radius 1 is 1.20 bits per heavy atom. The third-order valence-electron chi connectivity index (χ3n) is 2.82. The Labute approximate surface area is 125 Å². The first-order valence-corrected chi connectivity index (χ1v) is 6.67. The number of hydrogen-bond acceptors (Lipinski definition) is 4. The second-order valence-corrected chi connectivity index (χ2v) is 5.02. The predicted molar refractivity (Wildman–Crippen MR) is 76.3 cm³/mol. The zero-order valence-corrected chi connectivity index (χ0v) is 12.0. The van der Waals surface area contributed by atoms with E-state index in [0.29, 0.717) is 21.6 Å². The second kappa shape index (κ2) is 5.26. The number of nitrogens with zero attached hydrogens (tertiary/aromatic N) is 4. The lowest BCUT2D eigenvalue weighted by molar-refractivity contribution is 0.219. The average molecular weight is 309 g/mol. The van der Waals surface area contributed by atoms with Gasteiger partial charge >= 0.3 is 0 Å². The molecular weight excluding hydrogens is 299 g/mol. The first-order valence-electron chi connectivity index (χ1n) is 5.91. The topological polar surface area (TPSA) is 52.3 Å². The van der Waals surface area contributed by atoms with E-state index in [4.69, 9.17) is 27.9 Å². The Hall–Kier alpha value is -1.85. The fourth-order valence-electron chi connectivity index (χ4n) is 1.89. The van der Waals surface area contributed by atoms with Gasteiger partial charge in [0.1, 0.15) is 18.2 Å². The third kappa shape index (κ3) is 2.42. The summed E-state index contributed by atoms with van der Waals surface area (Å²) in [6.45, 7) is 1.90. The Bertz CT molecular complexity index is 759. The molecule has 1 unspecified atom stereocenters. The van der Waals surface area contributed by atoms with Crippen LogP contribution >= 0.6 is 23.2 Å². The van der Waals surface area contributed by atoms with Gasteiger partial charge in [-0.1, -0.05) is 23.2 Å². The lowest BCUT2D eigenvalue weighted by Crippen LogP contribution is -2.10. The fourth-order valence-corrected chi connectivity index (χ4v) is 2.34. The maximum atomic E-state index is 6.10. The molecule has 5 nitrogen and oxygen atoms in total. The van der Waals surface area contributed by atoms with E-state index in [1.807, 2.05) is 13.0 Å². The molecule has 0 N–H and O–H groups in total. The van der Waals surface area contributed by atoms with Crippen LogP contribution in [0.25, 0.3) is 5.78 Å². The average Bonchev–Trinajstić information content (AvgIpc) is 2.90. The van der Waals surface area contributed by atoms with Crippen molar-refractivity contribution in [1.29, 1.82) is 0 Å². The van der Waals surface area contributed by atoms with Crippen molar-refractivity contribution in [2.24, 2.45) is 0 Å².